The normalized spacial score (nSPS) is 10.6. The first-order valence-electron chi connectivity index (χ1n) is 2.27. The first-order chi connectivity index (χ1) is 3.68. The van der Waals surface area contributed by atoms with E-state index in [4.69, 9.17) is 10.8 Å². The number of hydrogen-bond donors (Lipinski definition) is 3. The van der Waals surface area contributed by atoms with Gasteiger partial charge < -0.3 is 10.8 Å². The number of halogens is 2. The van der Waals surface area contributed by atoms with E-state index in [1.54, 1.807) is 0 Å². The molecule has 0 saturated carbocycles. The molecule has 0 aliphatic heterocycles. The minimum absolute atomic E-state index is 0. The predicted octanol–water partition coefficient (Wildman–Crippen LogP) is 0.562. The number of hydrogen-bond acceptors (Lipinski definition) is 3. The van der Waals surface area contributed by atoms with Crippen LogP contribution in [0.25, 0.3) is 0 Å². The van der Waals surface area contributed by atoms with Crippen molar-refractivity contribution in [3.8, 4) is 0 Å². The van der Waals surface area contributed by atoms with Crippen molar-refractivity contribution in [2.45, 2.75) is 12.5 Å². The highest BCUT2D eigenvalue weighted by Crippen LogP contribution is 1.88. The number of rotatable bonds is 3. The molecule has 3 nitrogen and oxygen atoms in total. The monoisotopic (exact) mass is 207 g/mol. The van der Waals surface area contributed by atoms with E-state index in [1.165, 1.54) is 0 Å². The van der Waals surface area contributed by atoms with Crippen LogP contribution in [0.2, 0.25) is 0 Å². The molecule has 0 bridgehead atoms. The highest BCUT2D eigenvalue weighted by Gasteiger charge is 2.08. The van der Waals surface area contributed by atoms with Crippen molar-refractivity contribution in [2.75, 3.05) is 5.75 Å². The van der Waals surface area contributed by atoms with Crippen molar-refractivity contribution < 1.29 is 9.90 Å². The Hall–Kier alpha value is 0.360. The summed E-state index contributed by atoms with van der Waals surface area (Å²) in [5.74, 6) is -0.438. The van der Waals surface area contributed by atoms with Gasteiger partial charge in [-0.1, -0.05) is 0 Å². The first kappa shape index (κ1) is 16.8. The minimum Gasteiger partial charge on any atom is -0.480 e. The summed E-state index contributed by atoms with van der Waals surface area (Å²) in [6, 6.07) is -0.743. The van der Waals surface area contributed by atoms with Crippen LogP contribution in [-0.2, 0) is 4.79 Å². The third-order valence-corrected chi connectivity index (χ3v) is 1.02. The molecular formula is C4H11Cl2NO2S. The van der Waals surface area contributed by atoms with Gasteiger partial charge in [-0.3, -0.25) is 4.79 Å². The molecule has 10 heavy (non-hydrogen) atoms. The first-order valence-corrected chi connectivity index (χ1v) is 2.91. The maximum Gasteiger partial charge on any atom is 0.320 e. The van der Waals surface area contributed by atoms with Gasteiger partial charge in [-0.05, 0) is 12.2 Å². The summed E-state index contributed by atoms with van der Waals surface area (Å²) < 4.78 is 0. The van der Waals surface area contributed by atoms with Gasteiger partial charge in [0, 0.05) is 0 Å². The summed E-state index contributed by atoms with van der Waals surface area (Å²) in [6.45, 7) is 0. The van der Waals surface area contributed by atoms with Crippen LogP contribution in [0.1, 0.15) is 6.42 Å². The van der Waals surface area contributed by atoms with Gasteiger partial charge in [0.15, 0.2) is 0 Å². The van der Waals surface area contributed by atoms with E-state index in [1.807, 2.05) is 0 Å². The number of aliphatic carboxylic acids is 1. The van der Waals surface area contributed by atoms with Crippen LogP contribution in [0.3, 0.4) is 0 Å². The van der Waals surface area contributed by atoms with Crippen LogP contribution in [0, 0.1) is 0 Å². The Kier molecular flexibility index (Phi) is 15.7. The highest BCUT2D eigenvalue weighted by atomic mass is 35.5. The van der Waals surface area contributed by atoms with Crippen molar-refractivity contribution in [3.63, 3.8) is 0 Å². The van der Waals surface area contributed by atoms with Gasteiger partial charge in [0.25, 0.3) is 0 Å². The van der Waals surface area contributed by atoms with Gasteiger partial charge in [-0.2, -0.15) is 12.6 Å². The molecule has 3 N–H and O–H groups in total. The number of carboxylic acid groups (broad SMARTS) is 1. The highest BCUT2D eigenvalue weighted by molar-refractivity contribution is 7.80. The molecule has 0 aromatic carbocycles. The molecule has 0 fully saturated rings. The Bertz CT molecular complexity index is 93.3. The number of carboxylic acids is 1. The summed E-state index contributed by atoms with van der Waals surface area (Å²) in [7, 11) is 0. The van der Waals surface area contributed by atoms with Crippen LogP contribution in [0.5, 0.6) is 0 Å². The van der Waals surface area contributed by atoms with E-state index in [2.05, 4.69) is 12.6 Å². The van der Waals surface area contributed by atoms with Crippen molar-refractivity contribution in [3.05, 3.63) is 0 Å². The van der Waals surface area contributed by atoms with Crippen LogP contribution < -0.4 is 5.73 Å². The summed E-state index contributed by atoms with van der Waals surface area (Å²) in [4.78, 5) is 9.93. The second-order valence-corrected chi connectivity index (χ2v) is 1.90. The zero-order valence-electron chi connectivity index (χ0n) is 5.19. The lowest BCUT2D eigenvalue weighted by atomic mass is 10.2. The van der Waals surface area contributed by atoms with E-state index in [0.717, 1.165) is 0 Å². The zero-order chi connectivity index (χ0) is 6.57. The molecule has 0 aromatic heterocycles. The van der Waals surface area contributed by atoms with Crippen LogP contribution in [0.4, 0.5) is 0 Å². The molecule has 64 valence electrons. The molecule has 6 heteroatoms. The SMILES string of the molecule is Cl.Cl.N[C@@H](CCS)C(=O)O. The summed E-state index contributed by atoms with van der Waals surface area (Å²) >= 11 is 3.81. The van der Waals surface area contributed by atoms with E-state index in [0.29, 0.717) is 12.2 Å². The summed E-state index contributed by atoms with van der Waals surface area (Å²) in [6.07, 6.45) is 0.429. The molecule has 0 unspecified atom stereocenters. The van der Waals surface area contributed by atoms with Crippen molar-refractivity contribution in [1.29, 1.82) is 0 Å². The van der Waals surface area contributed by atoms with E-state index >= 15 is 0 Å². The Balaban J connectivity index is -0.000000245. The number of thiol groups is 1. The maximum atomic E-state index is 9.93. The molecule has 0 aliphatic rings. The maximum absolute atomic E-state index is 9.93. The van der Waals surface area contributed by atoms with Gasteiger partial charge in [0.1, 0.15) is 6.04 Å². The molecular weight excluding hydrogens is 197 g/mol. The van der Waals surface area contributed by atoms with Crippen molar-refractivity contribution in [2.24, 2.45) is 5.73 Å². The van der Waals surface area contributed by atoms with Crippen molar-refractivity contribution in [1.82, 2.24) is 0 Å². The standard InChI is InChI=1S/C4H9NO2S.2ClH/c5-3(1-2-8)4(6)7;;/h3,8H,1-2,5H2,(H,6,7);2*1H/t3-;;/m0../s1. The second kappa shape index (κ2) is 9.36. The van der Waals surface area contributed by atoms with Gasteiger partial charge in [-0.15, -0.1) is 24.8 Å². The molecule has 0 heterocycles. The molecule has 0 aromatic rings. The molecule has 0 amide bonds. The van der Waals surface area contributed by atoms with Gasteiger partial charge >= 0.3 is 5.97 Å². The quantitative estimate of drug-likeness (QED) is 0.594. The minimum atomic E-state index is -0.959. The smallest absolute Gasteiger partial charge is 0.320 e. The number of nitrogens with two attached hydrogens (primary N) is 1. The molecule has 0 aliphatic carbocycles. The molecule has 0 rings (SSSR count). The van der Waals surface area contributed by atoms with Gasteiger partial charge in [0.05, 0.1) is 0 Å². The second-order valence-electron chi connectivity index (χ2n) is 1.46. The van der Waals surface area contributed by atoms with Gasteiger partial charge in [0.2, 0.25) is 0 Å². The fourth-order valence-electron chi connectivity index (χ4n) is 0.263. The third-order valence-electron chi connectivity index (χ3n) is 0.757. The fraction of sp³-hybridized carbons (Fsp3) is 0.750. The molecule has 0 spiro atoms. The van der Waals surface area contributed by atoms with Crippen LogP contribution >= 0.6 is 37.4 Å². The van der Waals surface area contributed by atoms with Crippen molar-refractivity contribution >= 4 is 43.4 Å². The fourth-order valence-corrected chi connectivity index (χ4v) is 0.541. The molecule has 0 radical (unpaired) electrons. The van der Waals surface area contributed by atoms with Crippen LogP contribution in [-0.4, -0.2) is 22.9 Å². The Labute approximate surface area is 77.6 Å². The zero-order valence-corrected chi connectivity index (χ0v) is 7.72. The van der Waals surface area contributed by atoms with Gasteiger partial charge in [-0.25, -0.2) is 0 Å². The lowest BCUT2D eigenvalue weighted by molar-refractivity contribution is -0.138. The van der Waals surface area contributed by atoms with E-state index < -0.39 is 12.0 Å². The Morgan fingerprint density at radius 1 is 1.60 bits per heavy atom. The predicted molar refractivity (Wildman–Crippen MR) is 48.6 cm³/mol. The Morgan fingerprint density at radius 3 is 2.10 bits per heavy atom. The molecule has 0 saturated heterocycles. The van der Waals surface area contributed by atoms with E-state index in [9.17, 15) is 4.79 Å². The average Bonchev–Trinajstić information content (AvgIpc) is 1.67. The topological polar surface area (TPSA) is 63.3 Å². The van der Waals surface area contributed by atoms with E-state index in [-0.39, 0.29) is 24.8 Å². The largest absolute Gasteiger partial charge is 0.480 e. The molecule has 1 atom stereocenters. The lowest BCUT2D eigenvalue weighted by Gasteiger charge is -2.00. The third kappa shape index (κ3) is 8.36. The van der Waals surface area contributed by atoms with Crippen LogP contribution in [0.15, 0.2) is 0 Å². The lowest BCUT2D eigenvalue weighted by Crippen LogP contribution is -2.30. The summed E-state index contributed by atoms with van der Waals surface area (Å²) in [5, 5.41) is 8.15. The average molecular weight is 208 g/mol. The number of carbonyl (C=O) groups is 1. The Morgan fingerprint density at radius 2 is 2.00 bits per heavy atom. The summed E-state index contributed by atoms with van der Waals surface area (Å²) in [5.41, 5.74) is 5.08.